The van der Waals surface area contributed by atoms with Gasteiger partial charge in [-0.2, -0.15) is 0 Å². The number of hydrogen-bond donors (Lipinski definition) is 0. The van der Waals surface area contributed by atoms with Crippen LogP contribution in [0.3, 0.4) is 0 Å². The Morgan fingerprint density at radius 3 is 2.71 bits per heavy atom. The first-order chi connectivity index (χ1) is 14.9. The van der Waals surface area contributed by atoms with Crippen LogP contribution in [0.1, 0.15) is 49.0 Å². The van der Waals surface area contributed by atoms with Gasteiger partial charge in [-0.15, -0.1) is 0 Å². The van der Waals surface area contributed by atoms with Gasteiger partial charge in [-0.1, -0.05) is 0 Å². The minimum atomic E-state index is -0.851. The average molecular weight is 434 g/mol. The number of nitrogens with zero attached hydrogens (tertiary/aromatic N) is 2. The minimum Gasteiger partial charge on any atom is -0.462 e. The molecule has 3 fully saturated rings. The number of pyridine rings is 1. The van der Waals surface area contributed by atoms with Crippen LogP contribution in [0.5, 0.6) is 0 Å². The van der Waals surface area contributed by atoms with Crippen LogP contribution in [-0.4, -0.2) is 49.2 Å². The molecule has 0 unspecified atom stereocenters. The lowest BCUT2D eigenvalue weighted by Crippen LogP contribution is -2.43. The monoisotopic (exact) mass is 434 g/mol. The van der Waals surface area contributed by atoms with Gasteiger partial charge in [0.05, 0.1) is 37.3 Å². The molecule has 2 saturated heterocycles. The highest BCUT2D eigenvalue weighted by molar-refractivity contribution is 5.95. The molecule has 3 aliphatic rings. The Balaban J connectivity index is 1.64. The first-order valence-corrected chi connectivity index (χ1v) is 10.7. The highest BCUT2D eigenvalue weighted by atomic mass is 19.1. The Bertz CT molecular complexity index is 1110. The predicted octanol–water partition coefficient (Wildman–Crippen LogP) is 3.13. The number of benzene rings is 1. The third kappa shape index (κ3) is 3.40. The summed E-state index contributed by atoms with van der Waals surface area (Å²) in [6.45, 7) is 3.41. The van der Waals surface area contributed by atoms with Crippen molar-refractivity contribution in [1.29, 1.82) is 0 Å². The number of carbonyl (C=O) groups excluding carboxylic acids is 1. The number of ether oxygens (including phenoxy) is 3. The average Bonchev–Trinajstić information content (AvgIpc) is 3.52. The predicted molar refractivity (Wildman–Crippen MR) is 108 cm³/mol. The Hall–Kier alpha value is -2.52. The van der Waals surface area contributed by atoms with E-state index >= 15 is 8.78 Å². The zero-order chi connectivity index (χ0) is 21.8. The van der Waals surface area contributed by atoms with E-state index in [0.29, 0.717) is 26.2 Å². The lowest BCUT2D eigenvalue weighted by molar-refractivity contribution is -0.252. The Kier molecular flexibility index (Phi) is 4.97. The summed E-state index contributed by atoms with van der Waals surface area (Å²) >= 11 is 0. The molecule has 0 amide bonds. The number of rotatable bonds is 4. The normalized spacial score (nSPS) is 20.5. The summed E-state index contributed by atoms with van der Waals surface area (Å²) in [6, 6.07) is 0.990. The van der Waals surface area contributed by atoms with E-state index in [-0.39, 0.29) is 41.3 Å². The minimum absolute atomic E-state index is 0.0170. The smallest absolute Gasteiger partial charge is 0.343 e. The van der Waals surface area contributed by atoms with Gasteiger partial charge in [0, 0.05) is 25.2 Å². The molecule has 1 aliphatic carbocycles. The van der Waals surface area contributed by atoms with Crippen LogP contribution in [0.15, 0.2) is 17.1 Å². The molecule has 5 rings (SSSR count). The molecule has 1 aromatic heterocycles. The maximum absolute atomic E-state index is 15.8. The second-order valence-electron chi connectivity index (χ2n) is 8.28. The standard InChI is InChI=1S/C22H24F2N2O5/c1-2-29-21(28)15-11-26(13-4-5-13)18-14(20(15)27)10-16(23)19(17(18)24)25-7-6-22(12-25)30-8-3-9-31-22/h10-11,13H,2-9,12H2,1H3. The lowest BCUT2D eigenvalue weighted by atomic mass is 10.1. The van der Waals surface area contributed by atoms with Crippen molar-refractivity contribution in [1.82, 2.24) is 4.57 Å². The van der Waals surface area contributed by atoms with E-state index in [1.807, 2.05) is 0 Å². The molecule has 31 heavy (non-hydrogen) atoms. The third-order valence-electron chi connectivity index (χ3n) is 6.15. The van der Waals surface area contributed by atoms with E-state index < -0.39 is 28.8 Å². The van der Waals surface area contributed by atoms with Gasteiger partial charge in [0.1, 0.15) is 17.1 Å². The van der Waals surface area contributed by atoms with E-state index in [1.165, 1.54) is 6.20 Å². The summed E-state index contributed by atoms with van der Waals surface area (Å²) < 4.78 is 49.1. The molecule has 1 saturated carbocycles. The van der Waals surface area contributed by atoms with Crippen molar-refractivity contribution in [2.24, 2.45) is 0 Å². The van der Waals surface area contributed by atoms with Crippen LogP contribution in [-0.2, 0) is 14.2 Å². The van der Waals surface area contributed by atoms with E-state index in [0.717, 1.165) is 25.3 Å². The Morgan fingerprint density at radius 2 is 2.03 bits per heavy atom. The number of carbonyl (C=O) groups is 1. The number of hydrogen-bond acceptors (Lipinski definition) is 6. The first-order valence-electron chi connectivity index (χ1n) is 10.7. The van der Waals surface area contributed by atoms with Gasteiger partial charge in [-0.25, -0.2) is 13.6 Å². The summed E-state index contributed by atoms with van der Waals surface area (Å²) in [5, 5.41) is -0.157. The van der Waals surface area contributed by atoms with Crippen LogP contribution in [0.2, 0.25) is 0 Å². The second kappa shape index (κ2) is 7.56. The van der Waals surface area contributed by atoms with Crippen LogP contribution >= 0.6 is 0 Å². The maximum Gasteiger partial charge on any atom is 0.343 e. The molecule has 3 heterocycles. The largest absolute Gasteiger partial charge is 0.462 e. The Morgan fingerprint density at radius 1 is 1.29 bits per heavy atom. The number of esters is 1. The molecule has 2 aromatic rings. The van der Waals surface area contributed by atoms with Crippen molar-refractivity contribution in [3.05, 3.63) is 39.7 Å². The van der Waals surface area contributed by atoms with Crippen molar-refractivity contribution in [2.75, 3.05) is 37.8 Å². The lowest BCUT2D eigenvalue weighted by Gasteiger charge is -2.34. The molecule has 166 valence electrons. The molecule has 7 nitrogen and oxygen atoms in total. The summed E-state index contributed by atoms with van der Waals surface area (Å²) in [6.07, 6.45) is 4.23. The summed E-state index contributed by atoms with van der Waals surface area (Å²) in [4.78, 5) is 26.8. The Labute approximate surface area is 177 Å². The quantitative estimate of drug-likeness (QED) is 0.689. The maximum atomic E-state index is 15.8. The van der Waals surface area contributed by atoms with Gasteiger partial charge in [0.25, 0.3) is 0 Å². The fourth-order valence-electron chi connectivity index (χ4n) is 4.51. The van der Waals surface area contributed by atoms with Gasteiger partial charge in [0.2, 0.25) is 5.43 Å². The van der Waals surface area contributed by atoms with Crippen LogP contribution in [0, 0.1) is 11.6 Å². The van der Waals surface area contributed by atoms with Crippen molar-refractivity contribution in [2.45, 2.75) is 44.4 Å². The molecule has 1 spiro atoms. The van der Waals surface area contributed by atoms with Crippen molar-refractivity contribution in [3.63, 3.8) is 0 Å². The molecule has 0 bridgehead atoms. The number of halogens is 2. The molecule has 0 atom stereocenters. The van der Waals surface area contributed by atoms with E-state index in [4.69, 9.17) is 14.2 Å². The van der Waals surface area contributed by atoms with E-state index in [2.05, 4.69) is 0 Å². The fourth-order valence-corrected chi connectivity index (χ4v) is 4.51. The molecule has 9 heteroatoms. The number of aromatic nitrogens is 1. The van der Waals surface area contributed by atoms with Crippen LogP contribution in [0.25, 0.3) is 10.9 Å². The third-order valence-corrected chi connectivity index (χ3v) is 6.15. The van der Waals surface area contributed by atoms with Crippen molar-refractivity contribution >= 4 is 22.6 Å². The summed E-state index contributed by atoms with van der Waals surface area (Å²) in [5.41, 5.74) is -1.12. The molecule has 0 radical (unpaired) electrons. The highest BCUT2D eigenvalue weighted by Crippen LogP contribution is 2.41. The molecular formula is C22H24F2N2O5. The van der Waals surface area contributed by atoms with Crippen molar-refractivity contribution < 1.29 is 27.8 Å². The van der Waals surface area contributed by atoms with E-state index in [1.54, 1.807) is 16.4 Å². The SMILES string of the molecule is CCOC(=O)c1cn(C2CC2)c2c(F)c(N3CCC4(C3)OCCCO4)c(F)cc2c1=O. The zero-order valence-electron chi connectivity index (χ0n) is 17.3. The number of anilines is 1. The summed E-state index contributed by atoms with van der Waals surface area (Å²) in [7, 11) is 0. The van der Waals surface area contributed by atoms with Gasteiger partial charge in [-0.3, -0.25) is 4.79 Å². The molecule has 2 aliphatic heterocycles. The first kappa shape index (κ1) is 20.4. The highest BCUT2D eigenvalue weighted by Gasteiger charge is 2.44. The van der Waals surface area contributed by atoms with Crippen molar-refractivity contribution in [3.8, 4) is 0 Å². The zero-order valence-corrected chi connectivity index (χ0v) is 17.3. The second-order valence-corrected chi connectivity index (χ2v) is 8.28. The van der Waals surface area contributed by atoms with Gasteiger partial charge >= 0.3 is 5.97 Å². The van der Waals surface area contributed by atoms with Gasteiger partial charge in [-0.05, 0) is 32.3 Å². The van der Waals surface area contributed by atoms with Gasteiger partial charge < -0.3 is 23.7 Å². The number of fused-ring (bicyclic) bond motifs is 1. The van der Waals surface area contributed by atoms with E-state index in [9.17, 15) is 9.59 Å². The fraction of sp³-hybridized carbons (Fsp3) is 0.545. The molecular weight excluding hydrogens is 410 g/mol. The molecule has 0 N–H and O–H groups in total. The van der Waals surface area contributed by atoms with Gasteiger partial charge in [0.15, 0.2) is 11.6 Å². The summed E-state index contributed by atoms with van der Waals surface area (Å²) in [5.74, 6) is -3.29. The molecule has 1 aromatic carbocycles. The topological polar surface area (TPSA) is 70.0 Å². The van der Waals surface area contributed by atoms with Crippen LogP contribution < -0.4 is 10.3 Å². The van der Waals surface area contributed by atoms with Crippen LogP contribution in [0.4, 0.5) is 14.5 Å².